The Labute approximate surface area is 547 Å². The number of fused-ring (bicyclic) bond motifs is 18. The van der Waals surface area contributed by atoms with Crippen LogP contribution in [0.5, 0.6) is 0 Å². The fraction of sp³-hybridized carbons (Fsp3) is 0.0230. The normalized spacial score (nSPS) is 12.7. The molecule has 0 amide bonds. The number of para-hydroxylation sites is 6. The van der Waals surface area contributed by atoms with Crippen molar-refractivity contribution in [2.45, 2.75) is 12.1 Å². The summed E-state index contributed by atoms with van der Waals surface area (Å²) >= 11 is 0. The predicted molar refractivity (Wildman–Crippen MR) is 386 cm³/mol. The van der Waals surface area contributed by atoms with Gasteiger partial charge in [0.2, 0.25) is 0 Å². The average molecular weight is 1240 g/mol. The standard InChI is InChI=1S/C87H51F3N6/c88-87(89,90)73-30-12-5-21-59(73)72-50-84(95-81-42-38-55(93-76-33-15-8-24-62(76)63-25-9-16-34-77(63)93)48-70(81)71-49-56(39-43-82(71)95)94-78-35-17-10-26-64(78)65-27-11-18-36-79(65)94)53(51-91)46-85(72)96-80-41-37-52(86-66-28-3-1-19-57(66)58-20-2-4-29-67(58)86)45-68(80)69-47-54(40-44-83(69)96)92-74-31-13-6-22-60(74)61-23-7-14-32-75(61)92/h1-50,86H. The quantitative estimate of drug-likeness (QED) is 0.157. The molecule has 20 rings (SSSR count). The summed E-state index contributed by atoms with van der Waals surface area (Å²) in [4.78, 5) is 0. The van der Waals surface area contributed by atoms with Crippen molar-refractivity contribution in [3.05, 3.63) is 331 Å². The van der Waals surface area contributed by atoms with Gasteiger partial charge in [0.25, 0.3) is 0 Å². The van der Waals surface area contributed by atoms with Gasteiger partial charge in [0, 0.05) is 82.4 Å². The minimum atomic E-state index is -4.75. The van der Waals surface area contributed by atoms with Crippen LogP contribution < -0.4 is 0 Å². The lowest BCUT2D eigenvalue weighted by Gasteiger charge is -2.21. The van der Waals surface area contributed by atoms with Crippen LogP contribution in [0.3, 0.4) is 0 Å². The number of hydrogen-bond acceptors (Lipinski definition) is 1. The van der Waals surface area contributed by atoms with Gasteiger partial charge in [-0.15, -0.1) is 0 Å². The van der Waals surface area contributed by atoms with Crippen LogP contribution in [-0.2, 0) is 6.18 Å². The molecule has 450 valence electrons. The molecule has 0 aliphatic heterocycles. The molecule has 96 heavy (non-hydrogen) atoms. The molecule has 1 aliphatic carbocycles. The van der Waals surface area contributed by atoms with Crippen molar-refractivity contribution >= 4 is 109 Å². The van der Waals surface area contributed by atoms with Crippen molar-refractivity contribution in [2.75, 3.05) is 0 Å². The zero-order chi connectivity index (χ0) is 63.7. The van der Waals surface area contributed by atoms with Crippen LogP contribution in [-0.4, -0.2) is 22.8 Å². The summed E-state index contributed by atoms with van der Waals surface area (Å²) in [5.74, 6) is -0.0817. The summed E-state index contributed by atoms with van der Waals surface area (Å²) in [6.45, 7) is 0. The van der Waals surface area contributed by atoms with Gasteiger partial charge in [-0.3, -0.25) is 0 Å². The van der Waals surface area contributed by atoms with Crippen molar-refractivity contribution in [1.29, 1.82) is 5.26 Å². The molecule has 5 heterocycles. The molecule has 0 fully saturated rings. The van der Waals surface area contributed by atoms with Crippen LogP contribution in [0.2, 0.25) is 0 Å². The summed E-state index contributed by atoms with van der Waals surface area (Å²) in [6, 6.07) is 106. The molecule has 19 aromatic rings. The monoisotopic (exact) mass is 1240 g/mol. The lowest BCUT2D eigenvalue weighted by molar-refractivity contribution is -0.137. The van der Waals surface area contributed by atoms with E-state index in [9.17, 15) is 5.26 Å². The van der Waals surface area contributed by atoms with Gasteiger partial charge >= 0.3 is 6.18 Å². The van der Waals surface area contributed by atoms with Gasteiger partial charge in [0.05, 0.1) is 77.7 Å². The third-order valence-corrected chi connectivity index (χ3v) is 20.4. The van der Waals surface area contributed by atoms with E-state index in [0.717, 1.165) is 138 Å². The fourth-order valence-corrected chi connectivity index (χ4v) is 16.5. The lowest BCUT2D eigenvalue weighted by atomic mass is 9.88. The molecule has 0 N–H and O–H groups in total. The van der Waals surface area contributed by atoms with E-state index in [1.807, 2.05) is 12.1 Å². The molecule has 9 heteroatoms. The first-order valence-corrected chi connectivity index (χ1v) is 32.3. The molecule has 6 nitrogen and oxygen atoms in total. The first-order valence-electron chi connectivity index (χ1n) is 32.3. The van der Waals surface area contributed by atoms with E-state index in [-0.39, 0.29) is 17.0 Å². The summed E-state index contributed by atoms with van der Waals surface area (Å²) in [5, 5.41) is 22.4. The molecule has 0 spiro atoms. The smallest absolute Gasteiger partial charge is 0.309 e. The first kappa shape index (κ1) is 54.0. The van der Waals surface area contributed by atoms with Gasteiger partial charge in [-0.2, -0.15) is 18.4 Å². The van der Waals surface area contributed by atoms with Crippen molar-refractivity contribution < 1.29 is 13.2 Å². The largest absolute Gasteiger partial charge is 0.417 e. The van der Waals surface area contributed by atoms with E-state index in [2.05, 4.69) is 296 Å². The van der Waals surface area contributed by atoms with Crippen molar-refractivity contribution in [3.63, 3.8) is 0 Å². The van der Waals surface area contributed by atoms with Gasteiger partial charge in [0.1, 0.15) is 6.07 Å². The molecular formula is C87H51F3N6. The molecule has 0 saturated heterocycles. The highest BCUT2D eigenvalue weighted by Gasteiger charge is 2.36. The minimum absolute atomic E-state index is 0.0125. The molecule has 14 aromatic carbocycles. The molecule has 1 aliphatic rings. The molecule has 0 unspecified atom stereocenters. The summed E-state index contributed by atoms with van der Waals surface area (Å²) in [6.07, 6.45) is -4.75. The Morgan fingerprint density at radius 3 is 0.990 bits per heavy atom. The van der Waals surface area contributed by atoms with E-state index >= 15 is 13.2 Å². The number of aromatic nitrogens is 5. The molecule has 0 saturated carbocycles. The topological polar surface area (TPSA) is 48.4 Å². The van der Waals surface area contributed by atoms with E-state index in [0.29, 0.717) is 16.9 Å². The van der Waals surface area contributed by atoms with Gasteiger partial charge in [0.15, 0.2) is 0 Å². The maximum Gasteiger partial charge on any atom is 0.417 e. The zero-order valence-electron chi connectivity index (χ0n) is 51.3. The van der Waals surface area contributed by atoms with Gasteiger partial charge < -0.3 is 22.8 Å². The Kier molecular flexibility index (Phi) is 11.3. The van der Waals surface area contributed by atoms with Crippen LogP contribution >= 0.6 is 0 Å². The van der Waals surface area contributed by atoms with Crippen LogP contribution in [0.25, 0.3) is 160 Å². The maximum absolute atomic E-state index is 16.1. The summed E-state index contributed by atoms with van der Waals surface area (Å²) < 4.78 is 59.3. The highest BCUT2D eigenvalue weighted by molar-refractivity contribution is 6.16. The second-order valence-electron chi connectivity index (χ2n) is 25.3. The average Bonchev–Trinajstić information content (AvgIpc) is 1.53. The number of halogens is 3. The Bertz CT molecular complexity index is 6240. The summed E-state index contributed by atoms with van der Waals surface area (Å²) in [5.41, 5.74) is 18.8. The van der Waals surface area contributed by atoms with Crippen LogP contribution in [0.15, 0.2) is 303 Å². The van der Waals surface area contributed by atoms with Crippen molar-refractivity contribution in [2.24, 2.45) is 0 Å². The second-order valence-corrected chi connectivity index (χ2v) is 25.3. The zero-order valence-corrected chi connectivity index (χ0v) is 51.3. The van der Waals surface area contributed by atoms with E-state index in [1.54, 1.807) is 12.1 Å². The van der Waals surface area contributed by atoms with Gasteiger partial charge in [-0.05, 0) is 155 Å². The van der Waals surface area contributed by atoms with Crippen LogP contribution in [0, 0.1) is 11.3 Å². The van der Waals surface area contributed by atoms with E-state index in [4.69, 9.17) is 0 Å². The maximum atomic E-state index is 16.1. The third-order valence-electron chi connectivity index (χ3n) is 20.4. The van der Waals surface area contributed by atoms with Gasteiger partial charge in [-0.1, -0.05) is 182 Å². The number of hydrogen-bond donors (Lipinski definition) is 0. The Morgan fingerprint density at radius 1 is 0.271 bits per heavy atom. The molecular weight excluding hydrogens is 1190 g/mol. The fourth-order valence-electron chi connectivity index (χ4n) is 16.5. The van der Waals surface area contributed by atoms with E-state index in [1.165, 1.54) is 28.3 Å². The van der Waals surface area contributed by atoms with Crippen LogP contribution in [0.4, 0.5) is 13.2 Å². The summed E-state index contributed by atoms with van der Waals surface area (Å²) in [7, 11) is 0. The van der Waals surface area contributed by atoms with Crippen molar-refractivity contribution in [3.8, 4) is 56.8 Å². The number of rotatable bonds is 7. The van der Waals surface area contributed by atoms with Crippen LogP contribution in [0.1, 0.15) is 33.7 Å². The number of nitriles is 1. The number of benzene rings is 14. The molecule has 5 aromatic heterocycles. The molecule has 0 radical (unpaired) electrons. The molecule has 0 atom stereocenters. The predicted octanol–water partition coefficient (Wildman–Crippen LogP) is 22.9. The van der Waals surface area contributed by atoms with E-state index < -0.39 is 11.7 Å². The Hall–Kier alpha value is -12.6. The highest BCUT2D eigenvalue weighted by atomic mass is 19.4. The van der Waals surface area contributed by atoms with Crippen molar-refractivity contribution in [1.82, 2.24) is 22.8 Å². The molecule has 0 bridgehead atoms. The Balaban J connectivity index is 0.877. The number of nitrogens with zero attached hydrogens (tertiary/aromatic N) is 6. The first-order chi connectivity index (χ1) is 47.3. The highest BCUT2D eigenvalue weighted by Crippen LogP contribution is 2.51. The van der Waals surface area contributed by atoms with Gasteiger partial charge in [-0.25, -0.2) is 0 Å². The SMILES string of the molecule is N#Cc1cc(-n2c3ccc(C4c5ccccc5-c5ccccc54)cc3c3cc(-n4c5ccccc5c5ccccc54)ccc32)c(-c2ccccc2C(F)(F)F)cc1-n1c2ccc(-n3c4ccccc4c4ccccc43)cc2c2cc(-n3c4ccccc4c4ccccc43)ccc21. The lowest BCUT2D eigenvalue weighted by Crippen LogP contribution is -2.09. The Morgan fingerprint density at radius 2 is 0.594 bits per heavy atom. The number of alkyl halides is 3. The third kappa shape index (κ3) is 7.63. The minimum Gasteiger partial charge on any atom is -0.309 e. The second kappa shape index (κ2) is 20.2.